The van der Waals surface area contributed by atoms with Crippen molar-refractivity contribution in [2.24, 2.45) is 5.92 Å². The number of rotatable bonds is 8. The minimum Gasteiger partial charge on any atom is -0.494 e. The minimum absolute atomic E-state index is 0.107. The lowest BCUT2D eigenvalue weighted by atomic mass is 9.86. The number of carbonyl (C=O) groups is 2. The molecule has 2 aromatic heterocycles. The first-order chi connectivity index (χ1) is 19.0. The van der Waals surface area contributed by atoms with Crippen molar-refractivity contribution in [3.63, 3.8) is 0 Å². The lowest BCUT2D eigenvalue weighted by molar-refractivity contribution is 0.0485. The molecule has 0 radical (unpaired) electrons. The maximum absolute atomic E-state index is 13.7. The van der Waals surface area contributed by atoms with Gasteiger partial charge in [0.1, 0.15) is 29.1 Å². The summed E-state index contributed by atoms with van der Waals surface area (Å²) >= 11 is 0. The van der Waals surface area contributed by atoms with E-state index in [0.717, 1.165) is 25.7 Å². The van der Waals surface area contributed by atoms with Crippen LogP contribution in [0.3, 0.4) is 0 Å². The van der Waals surface area contributed by atoms with Crippen LogP contribution in [0.15, 0.2) is 30.6 Å². The zero-order valence-corrected chi connectivity index (χ0v) is 23.5. The molecule has 0 spiro atoms. The van der Waals surface area contributed by atoms with E-state index in [1.807, 2.05) is 20.8 Å². The van der Waals surface area contributed by atoms with E-state index in [-0.39, 0.29) is 30.1 Å². The molecule has 0 atom stereocenters. The SMILES string of the molecule is COc1cc(CNC(=O)c2cc(-c3ncn(CC4CCC(NC(=O)OC(C)(C)C)CC4)n3)nc(C)n2)ccc1F. The van der Waals surface area contributed by atoms with Crippen LogP contribution in [0, 0.1) is 18.7 Å². The van der Waals surface area contributed by atoms with Gasteiger partial charge in [-0.1, -0.05) is 6.07 Å². The van der Waals surface area contributed by atoms with E-state index >= 15 is 0 Å². The molecule has 12 heteroatoms. The Morgan fingerprint density at radius 3 is 2.58 bits per heavy atom. The Balaban J connectivity index is 1.32. The highest BCUT2D eigenvalue weighted by Gasteiger charge is 2.25. The van der Waals surface area contributed by atoms with E-state index in [1.54, 1.807) is 30.1 Å². The summed E-state index contributed by atoms with van der Waals surface area (Å²) in [5.74, 6) is 0.472. The first-order valence-electron chi connectivity index (χ1n) is 13.3. The van der Waals surface area contributed by atoms with Crippen LogP contribution in [0.25, 0.3) is 11.5 Å². The number of methoxy groups -OCH3 is 1. The molecule has 2 amide bonds. The van der Waals surface area contributed by atoms with Crippen molar-refractivity contribution in [2.45, 2.75) is 78.1 Å². The molecular formula is C28H36FN7O4. The van der Waals surface area contributed by atoms with Gasteiger partial charge in [-0.3, -0.25) is 9.48 Å². The first-order valence-corrected chi connectivity index (χ1v) is 13.3. The van der Waals surface area contributed by atoms with E-state index in [9.17, 15) is 14.0 Å². The number of carbonyl (C=O) groups excluding carboxylic acids is 2. The molecule has 1 fully saturated rings. The standard InChI is InChI=1S/C28H36FN7O4/c1-17-32-22(13-23(33-17)26(37)30-14-19-8-11-21(29)24(12-19)39-5)25-31-16-36(35-25)15-18-6-9-20(10-7-18)34-27(38)40-28(2,3)4/h8,11-13,16,18,20H,6-7,9-10,14-15H2,1-5H3,(H,30,37)(H,34,38). The van der Waals surface area contributed by atoms with Crippen LogP contribution in [0.1, 0.15) is 68.3 Å². The largest absolute Gasteiger partial charge is 0.494 e. The second-order valence-corrected chi connectivity index (χ2v) is 11.0. The summed E-state index contributed by atoms with van der Waals surface area (Å²) in [7, 11) is 1.39. The molecule has 40 heavy (non-hydrogen) atoms. The number of hydrogen-bond acceptors (Lipinski definition) is 8. The summed E-state index contributed by atoms with van der Waals surface area (Å²) in [6.07, 6.45) is 4.94. The number of aromatic nitrogens is 5. The fourth-order valence-corrected chi connectivity index (χ4v) is 4.61. The Hall–Kier alpha value is -4.09. The number of benzene rings is 1. The van der Waals surface area contributed by atoms with Crippen molar-refractivity contribution >= 4 is 12.0 Å². The average Bonchev–Trinajstić information content (AvgIpc) is 3.36. The van der Waals surface area contributed by atoms with Crippen LogP contribution < -0.4 is 15.4 Å². The second kappa shape index (κ2) is 12.4. The van der Waals surface area contributed by atoms with E-state index < -0.39 is 17.3 Å². The van der Waals surface area contributed by atoms with Crippen molar-refractivity contribution in [3.05, 3.63) is 53.5 Å². The molecule has 0 saturated heterocycles. The molecule has 1 aliphatic carbocycles. The highest BCUT2D eigenvalue weighted by Crippen LogP contribution is 2.26. The number of nitrogens with one attached hydrogen (secondary N) is 2. The summed E-state index contributed by atoms with van der Waals surface area (Å²) in [6, 6.07) is 6.07. The van der Waals surface area contributed by atoms with Crippen molar-refractivity contribution in [1.29, 1.82) is 0 Å². The molecule has 214 valence electrons. The van der Waals surface area contributed by atoms with Gasteiger partial charge < -0.3 is 20.1 Å². The van der Waals surface area contributed by atoms with Gasteiger partial charge in [-0.25, -0.2) is 24.1 Å². The third-order valence-corrected chi connectivity index (χ3v) is 6.52. The molecule has 2 N–H and O–H groups in total. The van der Waals surface area contributed by atoms with E-state index in [0.29, 0.717) is 35.4 Å². The Labute approximate surface area is 232 Å². The maximum Gasteiger partial charge on any atom is 0.407 e. The number of hydrogen-bond donors (Lipinski definition) is 2. The minimum atomic E-state index is -0.516. The molecule has 11 nitrogen and oxygen atoms in total. The van der Waals surface area contributed by atoms with Crippen LogP contribution in [-0.2, 0) is 17.8 Å². The van der Waals surface area contributed by atoms with E-state index in [1.165, 1.54) is 19.2 Å². The van der Waals surface area contributed by atoms with Crippen molar-refractivity contribution in [3.8, 4) is 17.3 Å². The van der Waals surface area contributed by atoms with Gasteiger partial charge in [-0.15, -0.1) is 5.10 Å². The van der Waals surface area contributed by atoms with E-state index in [4.69, 9.17) is 9.47 Å². The molecule has 0 unspecified atom stereocenters. The molecule has 0 aliphatic heterocycles. The van der Waals surface area contributed by atoms with Gasteiger partial charge in [0.15, 0.2) is 17.4 Å². The maximum atomic E-state index is 13.7. The summed E-state index contributed by atoms with van der Waals surface area (Å²) < 4.78 is 25.8. The van der Waals surface area contributed by atoms with Crippen molar-refractivity contribution in [2.75, 3.05) is 7.11 Å². The molecule has 1 saturated carbocycles. The third-order valence-electron chi connectivity index (χ3n) is 6.52. The number of halogens is 1. The van der Waals surface area contributed by atoms with Crippen molar-refractivity contribution in [1.82, 2.24) is 35.4 Å². The highest BCUT2D eigenvalue weighted by atomic mass is 19.1. The fraction of sp³-hybridized carbons (Fsp3) is 0.500. The van der Waals surface area contributed by atoms with Crippen molar-refractivity contribution < 1.29 is 23.5 Å². The quantitative estimate of drug-likeness (QED) is 0.424. The number of amides is 2. The van der Waals surface area contributed by atoms with Crippen LogP contribution in [0.4, 0.5) is 9.18 Å². The molecular weight excluding hydrogens is 517 g/mol. The molecule has 1 aromatic carbocycles. The van der Waals surface area contributed by atoms with Gasteiger partial charge >= 0.3 is 6.09 Å². The lowest BCUT2D eigenvalue weighted by Crippen LogP contribution is -2.41. The summed E-state index contributed by atoms with van der Waals surface area (Å²) in [5.41, 5.74) is 0.804. The molecule has 2 heterocycles. The van der Waals surface area contributed by atoms with Gasteiger partial charge in [0.05, 0.1) is 7.11 Å². The monoisotopic (exact) mass is 553 g/mol. The third kappa shape index (κ3) is 7.96. The Morgan fingerprint density at radius 2 is 1.88 bits per heavy atom. The zero-order valence-electron chi connectivity index (χ0n) is 23.5. The van der Waals surface area contributed by atoms with Gasteiger partial charge in [-0.2, -0.15) is 0 Å². The number of alkyl carbamates (subject to hydrolysis) is 1. The first kappa shape index (κ1) is 28.9. The lowest BCUT2D eigenvalue weighted by Gasteiger charge is -2.30. The van der Waals surface area contributed by atoms with Crippen LogP contribution in [0.2, 0.25) is 0 Å². The van der Waals surface area contributed by atoms with E-state index in [2.05, 4.69) is 30.7 Å². The van der Waals surface area contributed by atoms with Crippen LogP contribution in [-0.4, -0.2) is 55.5 Å². The van der Waals surface area contributed by atoms with Gasteiger partial charge in [0.2, 0.25) is 0 Å². The van der Waals surface area contributed by atoms with Crippen LogP contribution >= 0.6 is 0 Å². The molecule has 1 aliphatic rings. The van der Waals surface area contributed by atoms with Gasteiger partial charge in [-0.05, 0) is 83.1 Å². The Morgan fingerprint density at radius 1 is 1.12 bits per heavy atom. The molecule has 0 bridgehead atoms. The Bertz CT molecular complexity index is 1350. The predicted octanol–water partition coefficient (Wildman–Crippen LogP) is 4.20. The average molecular weight is 554 g/mol. The van der Waals surface area contributed by atoms with Gasteiger partial charge in [0.25, 0.3) is 5.91 Å². The smallest absolute Gasteiger partial charge is 0.407 e. The topological polar surface area (TPSA) is 133 Å². The second-order valence-electron chi connectivity index (χ2n) is 11.0. The molecule has 4 rings (SSSR count). The number of nitrogens with zero attached hydrogens (tertiary/aromatic N) is 5. The predicted molar refractivity (Wildman–Crippen MR) is 145 cm³/mol. The number of aryl methyl sites for hydroxylation is 1. The fourth-order valence-electron chi connectivity index (χ4n) is 4.61. The summed E-state index contributed by atoms with van der Waals surface area (Å²) in [5, 5.41) is 10.3. The number of ether oxygens (including phenoxy) is 2. The highest BCUT2D eigenvalue weighted by molar-refractivity contribution is 5.93. The Kier molecular flexibility index (Phi) is 8.96. The summed E-state index contributed by atoms with van der Waals surface area (Å²) in [4.78, 5) is 38.0. The summed E-state index contributed by atoms with van der Waals surface area (Å²) in [6.45, 7) is 8.12. The molecule has 3 aromatic rings. The van der Waals surface area contributed by atoms with Gasteiger partial charge in [0, 0.05) is 19.1 Å². The van der Waals surface area contributed by atoms with Crippen LogP contribution in [0.5, 0.6) is 5.75 Å². The normalized spacial score (nSPS) is 17.2. The zero-order chi connectivity index (χ0) is 28.9.